The molecule has 146 valence electrons. The van der Waals surface area contributed by atoms with Crippen molar-refractivity contribution in [3.63, 3.8) is 0 Å². The molecule has 6 heteroatoms. The Kier molecular flexibility index (Phi) is 5.56. The molecule has 1 heterocycles. The number of benzene rings is 3. The first-order valence-corrected chi connectivity index (χ1v) is 9.96. The minimum Gasteiger partial charge on any atom is -0.436 e. The van der Waals surface area contributed by atoms with Gasteiger partial charge in [-0.15, -0.1) is 0 Å². The number of nitrogens with one attached hydrogen (secondary N) is 1. The highest BCUT2D eigenvalue weighted by atomic mass is 35.5. The van der Waals surface area contributed by atoms with Crippen molar-refractivity contribution in [3.8, 4) is 11.5 Å². The van der Waals surface area contributed by atoms with E-state index in [0.29, 0.717) is 39.1 Å². The fourth-order valence-electron chi connectivity index (χ4n) is 3.10. The van der Waals surface area contributed by atoms with E-state index in [1.165, 1.54) is 0 Å². The predicted molar refractivity (Wildman–Crippen MR) is 117 cm³/mol. The van der Waals surface area contributed by atoms with Gasteiger partial charge in [-0.3, -0.25) is 4.79 Å². The lowest BCUT2D eigenvalue weighted by Crippen LogP contribution is -2.22. The van der Waals surface area contributed by atoms with Crippen molar-refractivity contribution in [1.29, 1.82) is 0 Å². The standard InChI is InChI=1S/C23H18Cl2N2O2/c1-14(12-16-8-5-9-18(24)21(16)25)22(28)26-17-10-11-20-19(13-17)27-23(29-20)15-6-3-2-4-7-15/h2-11,13-14H,12H2,1H3,(H,26,28). The summed E-state index contributed by atoms with van der Waals surface area (Å²) in [6, 6.07) is 20.6. The summed E-state index contributed by atoms with van der Waals surface area (Å²) in [5.41, 5.74) is 3.77. The number of halogens is 2. The zero-order valence-corrected chi connectivity index (χ0v) is 17.2. The Balaban J connectivity index is 1.49. The molecule has 29 heavy (non-hydrogen) atoms. The highest BCUT2D eigenvalue weighted by Gasteiger charge is 2.17. The Morgan fingerprint density at radius 3 is 2.66 bits per heavy atom. The highest BCUT2D eigenvalue weighted by molar-refractivity contribution is 6.42. The number of anilines is 1. The third-order valence-electron chi connectivity index (χ3n) is 4.68. The number of hydrogen-bond acceptors (Lipinski definition) is 3. The van der Waals surface area contributed by atoms with Crippen LogP contribution >= 0.6 is 23.2 Å². The van der Waals surface area contributed by atoms with Crippen LogP contribution in [0.3, 0.4) is 0 Å². The third kappa shape index (κ3) is 4.29. The molecule has 1 atom stereocenters. The Morgan fingerprint density at radius 2 is 1.86 bits per heavy atom. The van der Waals surface area contributed by atoms with Crippen LogP contribution in [-0.4, -0.2) is 10.9 Å². The zero-order chi connectivity index (χ0) is 20.4. The Morgan fingerprint density at radius 1 is 1.07 bits per heavy atom. The van der Waals surface area contributed by atoms with Crippen molar-refractivity contribution in [3.05, 3.63) is 82.3 Å². The summed E-state index contributed by atoms with van der Waals surface area (Å²) < 4.78 is 5.81. The second-order valence-corrected chi connectivity index (χ2v) is 7.66. The van der Waals surface area contributed by atoms with Gasteiger partial charge in [0.05, 0.1) is 10.0 Å². The molecule has 1 aromatic heterocycles. The minimum atomic E-state index is -0.279. The molecule has 0 spiro atoms. The van der Waals surface area contributed by atoms with E-state index in [2.05, 4.69) is 10.3 Å². The van der Waals surface area contributed by atoms with Crippen LogP contribution in [0.4, 0.5) is 5.69 Å². The van der Waals surface area contributed by atoms with Gasteiger partial charge in [-0.25, -0.2) is 4.98 Å². The number of oxazole rings is 1. The first-order valence-electron chi connectivity index (χ1n) is 9.21. The molecular weight excluding hydrogens is 407 g/mol. The lowest BCUT2D eigenvalue weighted by molar-refractivity contribution is -0.119. The molecule has 1 unspecified atom stereocenters. The zero-order valence-electron chi connectivity index (χ0n) is 15.7. The molecule has 1 N–H and O–H groups in total. The van der Waals surface area contributed by atoms with Crippen LogP contribution < -0.4 is 5.32 Å². The van der Waals surface area contributed by atoms with Gasteiger partial charge in [0.1, 0.15) is 5.52 Å². The van der Waals surface area contributed by atoms with Gasteiger partial charge in [0.25, 0.3) is 0 Å². The van der Waals surface area contributed by atoms with Crippen molar-refractivity contribution in [2.24, 2.45) is 5.92 Å². The lowest BCUT2D eigenvalue weighted by atomic mass is 10.00. The quantitative estimate of drug-likeness (QED) is 0.391. The van der Waals surface area contributed by atoms with Crippen molar-refractivity contribution in [2.45, 2.75) is 13.3 Å². The van der Waals surface area contributed by atoms with Crippen LogP contribution in [0.1, 0.15) is 12.5 Å². The van der Waals surface area contributed by atoms with E-state index in [4.69, 9.17) is 27.6 Å². The number of carbonyl (C=O) groups is 1. The van der Waals surface area contributed by atoms with Crippen LogP contribution in [0.15, 0.2) is 71.1 Å². The molecule has 0 aliphatic rings. The fraction of sp³-hybridized carbons (Fsp3) is 0.130. The number of nitrogens with zero attached hydrogens (tertiary/aromatic N) is 1. The molecule has 4 rings (SSSR count). The summed E-state index contributed by atoms with van der Waals surface area (Å²) in [5.74, 6) is 0.166. The molecule has 0 aliphatic carbocycles. The smallest absolute Gasteiger partial charge is 0.227 e. The Bertz CT molecular complexity index is 1170. The monoisotopic (exact) mass is 424 g/mol. The molecular formula is C23H18Cl2N2O2. The van der Waals surface area contributed by atoms with Crippen LogP contribution in [0.2, 0.25) is 10.0 Å². The molecule has 0 bridgehead atoms. The largest absolute Gasteiger partial charge is 0.436 e. The first-order chi connectivity index (χ1) is 14.0. The second kappa shape index (κ2) is 8.27. The SMILES string of the molecule is CC(Cc1cccc(Cl)c1Cl)C(=O)Nc1ccc2oc(-c3ccccc3)nc2c1. The molecule has 0 fully saturated rings. The maximum Gasteiger partial charge on any atom is 0.227 e. The van der Waals surface area contributed by atoms with Gasteiger partial charge in [0, 0.05) is 17.2 Å². The van der Waals surface area contributed by atoms with Gasteiger partial charge in [0.2, 0.25) is 11.8 Å². The summed E-state index contributed by atoms with van der Waals surface area (Å²) >= 11 is 12.3. The molecule has 0 saturated carbocycles. The number of rotatable bonds is 5. The third-order valence-corrected chi connectivity index (χ3v) is 5.54. The summed E-state index contributed by atoms with van der Waals surface area (Å²) in [6.45, 7) is 1.86. The number of carbonyl (C=O) groups excluding carboxylic acids is 1. The van der Waals surface area contributed by atoms with Crippen LogP contribution in [-0.2, 0) is 11.2 Å². The summed E-state index contributed by atoms with van der Waals surface area (Å²) in [7, 11) is 0. The van der Waals surface area contributed by atoms with E-state index in [9.17, 15) is 4.79 Å². The highest BCUT2D eigenvalue weighted by Crippen LogP contribution is 2.29. The minimum absolute atomic E-state index is 0.104. The molecule has 1 amide bonds. The molecule has 3 aromatic carbocycles. The Hall–Kier alpha value is -2.82. The number of aromatic nitrogens is 1. The first kappa shape index (κ1) is 19.5. The summed E-state index contributed by atoms with van der Waals surface area (Å²) in [6.07, 6.45) is 0.496. The van der Waals surface area contributed by atoms with Gasteiger partial charge in [-0.1, -0.05) is 60.5 Å². The van der Waals surface area contributed by atoms with Gasteiger partial charge in [-0.05, 0) is 48.4 Å². The Labute approximate surface area is 178 Å². The molecule has 4 aromatic rings. The van der Waals surface area contributed by atoms with E-state index in [1.807, 2.05) is 61.5 Å². The van der Waals surface area contributed by atoms with E-state index < -0.39 is 0 Å². The molecule has 0 radical (unpaired) electrons. The molecule has 0 aliphatic heterocycles. The van der Waals surface area contributed by atoms with Crippen molar-refractivity contribution < 1.29 is 9.21 Å². The van der Waals surface area contributed by atoms with E-state index in [1.54, 1.807) is 12.1 Å². The van der Waals surface area contributed by atoms with E-state index in [-0.39, 0.29) is 11.8 Å². The van der Waals surface area contributed by atoms with Crippen molar-refractivity contribution in [1.82, 2.24) is 4.98 Å². The van der Waals surface area contributed by atoms with Gasteiger partial charge in [0.15, 0.2) is 5.58 Å². The summed E-state index contributed by atoms with van der Waals surface area (Å²) in [4.78, 5) is 17.2. The average molecular weight is 425 g/mol. The van der Waals surface area contributed by atoms with Gasteiger partial charge < -0.3 is 9.73 Å². The van der Waals surface area contributed by atoms with Gasteiger partial charge in [-0.2, -0.15) is 0 Å². The van der Waals surface area contributed by atoms with Crippen molar-refractivity contribution in [2.75, 3.05) is 5.32 Å². The predicted octanol–water partition coefficient (Wildman–Crippen LogP) is 6.62. The van der Waals surface area contributed by atoms with E-state index >= 15 is 0 Å². The van der Waals surface area contributed by atoms with Crippen LogP contribution in [0, 0.1) is 5.92 Å². The number of fused-ring (bicyclic) bond motifs is 1. The summed E-state index contributed by atoms with van der Waals surface area (Å²) in [5, 5.41) is 3.92. The van der Waals surface area contributed by atoms with Crippen LogP contribution in [0.5, 0.6) is 0 Å². The average Bonchev–Trinajstić information content (AvgIpc) is 3.15. The van der Waals surface area contributed by atoms with Crippen molar-refractivity contribution >= 4 is 45.9 Å². The maximum atomic E-state index is 12.6. The normalized spacial score (nSPS) is 12.1. The lowest BCUT2D eigenvalue weighted by Gasteiger charge is -2.13. The van der Waals surface area contributed by atoms with Crippen LogP contribution in [0.25, 0.3) is 22.6 Å². The topological polar surface area (TPSA) is 55.1 Å². The molecule has 4 nitrogen and oxygen atoms in total. The maximum absolute atomic E-state index is 12.6. The second-order valence-electron chi connectivity index (χ2n) is 6.87. The fourth-order valence-corrected chi connectivity index (χ4v) is 3.50. The van der Waals surface area contributed by atoms with E-state index in [0.717, 1.165) is 11.1 Å². The molecule has 0 saturated heterocycles. The van der Waals surface area contributed by atoms with Gasteiger partial charge >= 0.3 is 0 Å². The number of amides is 1. The number of hydrogen-bond donors (Lipinski definition) is 1.